The first-order valence-corrected chi connectivity index (χ1v) is 9.58. The van der Waals surface area contributed by atoms with E-state index in [2.05, 4.69) is 10.9 Å². The second-order valence-electron chi connectivity index (χ2n) is 6.53. The number of rotatable bonds is 8. The Hall–Kier alpha value is -4.64. The molecule has 0 spiro atoms. The molecule has 8 heteroatoms. The van der Waals surface area contributed by atoms with E-state index < -0.39 is 11.8 Å². The smallest absolute Gasteiger partial charge is 0.276 e. The van der Waals surface area contributed by atoms with Crippen molar-refractivity contribution >= 4 is 17.6 Å². The summed E-state index contributed by atoms with van der Waals surface area (Å²) in [6, 6.07) is 23.6. The highest BCUT2D eigenvalue weighted by molar-refractivity contribution is 6.09. The lowest BCUT2D eigenvalue weighted by Gasteiger charge is -2.10. The van der Waals surface area contributed by atoms with Gasteiger partial charge in [0, 0.05) is 11.1 Å². The van der Waals surface area contributed by atoms with Crippen LogP contribution in [0.4, 0.5) is 0 Å². The van der Waals surface area contributed by atoms with Crippen LogP contribution in [0.1, 0.15) is 21.5 Å². The summed E-state index contributed by atoms with van der Waals surface area (Å²) in [5.74, 6) is -0.420. The number of hydrazine groups is 1. The van der Waals surface area contributed by atoms with E-state index >= 15 is 0 Å². The van der Waals surface area contributed by atoms with Crippen LogP contribution >= 0.6 is 0 Å². The molecule has 3 rings (SSSR count). The Morgan fingerprint density at radius 3 is 1.66 bits per heavy atom. The quantitative estimate of drug-likeness (QED) is 0.419. The maximum Gasteiger partial charge on any atom is 0.276 e. The predicted molar refractivity (Wildman–Crippen MR) is 115 cm³/mol. The van der Waals surface area contributed by atoms with Crippen LogP contribution in [-0.4, -0.2) is 30.8 Å². The fourth-order valence-corrected chi connectivity index (χ4v) is 2.59. The van der Waals surface area contributed by atoms with E-state index in [9.17, 15) is 14.4 Å². The third-order valence-corrected chi connectivity index (χ3v) is 4.22. The molecule has 160 valence electrons. The van der Waals surface area contributed by atoms with Crippen LogP contribution in [0.25, 0.3) is 0 Å². The molecule has 0 aliphatic carbocycles. The summed E-state index contributed by atoms with van der Waals surface area (Å²) in [6.07, 6.45) is 0. The second kappa shape index (κ2) is 10.9. The fourth-order valence-electron chi connectivity index (χ4n) is 2.59. The first kappa shape index (κ1) is 22.1. The summed E-state index contributed by atoms with van der Waals surface area (Å²) in [7, 11) is 0. The molecule has 0 atom stereocenters. The van der Waals surface area contributed by atoms with Crippen LogP contribution in [0.5, 0.6) is 11.5 Å². The van der Waals surface area contributed by atoms with Gasteiger partial charge in [-0.05, 0) is 48.5 Å². The topological polar surface area (TPSA) is 118 Å². The fraction of sp³-hybridized carbons (Fsp3) is 0.0833. The van der Waals surface area contributed by atoms with Crippen LogP contribution in [0, 0.1) is 11.3 Å². The maximum atomic E-state index is 12.4. The number of amides is 2. The molecule has 0 unspecified atom stereocenters. The predicted octanol–water partition coefficient (Wildman–Crippen LogP) is 2.39. The monoisotopic (exact) mass is 429 g/mol. The van der Waals surface area contributed by atoms with E-state index in [0.29, 0.717) is 28.2 Å². The number of hydrogen-bond donors (Lipinski definition) is 2. The van der Waals surface area contributed by atoms with Gasteiger partial charge in [-0.15, -0.1) is 0 Å². The molecule has 0 saturated heterocycles. The van der Waals surface area contributed by atoms with Crippen LogP contribution in [-0.2, 0) is 9.59 Å². The highest BCUT2D eigenvalue weighted by Crippen LogP contribution is 2.15. The van der Waals surface area contributed by atoms with Crippen molar-refractivity contribution in [2.24, 2.45) is 0 Å². The van der Waals surface area contributed by atoms with Crippen molar-refractivity contribution in [1.29, 1.82) is 5.26 Å². The van der Waals surface area contributed by atoms with Crippen molar-refractivity contribution < 1.29 is 23.9 Å². The van der Waals surface area contributed by atoms with Crippen LogP contribution in [0.2, 0.25) is 0 Å². The number of ketones is 1. The minimum atomic E-state index is -0.568. The lowest BCUT2D eigenvalue weighted by Crippen LogP contribution is -2.45. The Kier molecular flexibility index (Phi) is 7.54. The van der Waals surface area contributed by atoms with Crippen molar-refractivity contribution in [3.63, 3.8) is 0 Å². The summed E-state index contributed by atoms with van der Waals surface area (Å²) in [5, 5.41) is 8.74. The molecular weight excluding hydrogens is 410 g/mol. The molecule has 8 nitrogen and oxygen atoms in total. The molecular formula is C24H19N3O5. The minimum absolute atomic E-state index is 0.110. The summed E-state index contributed by atoms with van der Waals surface area (Å²) in [4.78, 5) is 36.0. The van der Waals surface area contributed by atoms with Crippen molar-refractivity contribution in [2.75, 3.05) is 13.2 Å². The molecule has 2 amide bonds. The molecule has 2 N–H and O–H groups in total. The van der Waals surface area contributed by atoms with Gasteiger partial charge in [-0.2, -0.15) is 5.26 Å². The number of carbonyl (C=O) groups is 3. The lowest BCUT2D eigenvalue weighted by molar-refractivity contribution is -0.131. The summed E-state index contributed by atoms with van der Waals surface area (Å²) in [5.41, 5.74) is 5.99. The number of benzene rings is 3. The average molecular weight is 429 g/mol. The van der Waals surface area contributed by atoms with Gasteiger partial charge in [0.2, 0.25) is 0 Å². The van der Waals surface area contributed by atoms with Gasteiger partial charge < -0.3 is 9.47 Å². The molecule has 32 heavy (non-hydrogen) atoms. The maximum absolute atomic E-state index is 12.4. The minimum Gasteiger partial charge on any atom is -0.484 e. The van der Waals surface area contributed by atoms with Gasteiger partial charge in [-0.1, -0.05) is 30.3 Å². The number of carbonyl (C=O) groups excluding carboxylic acids is 3. The van der Waals surface area contributed by atoms with Gasteiger partial charge in [-0.3, -0.25) is 25.2 Å². The molecule has 0 heterocycles. The Morgan fingerprint density at radius 1 is 0.688 bits per heavy atom. The molecule has 0 saturated carbocycles. The van der Waals surface area contributed by atoms with E-state index in [4.69, 9.17) is 14.7 Å². The molecule has 3 aromatic carbocycles. The summed E-state index contributed by atoms with van der Waals surface area (Å²) in [6.45, 7) is -0.646. The number of nitrogens with zero attached hydrogens (tertiary/aromatic N) is 1. The SMILES string of the molecule is N#Cc1ccc(OCC(=O)NNC(=O)COc2ccc(C(=O)c3ccccc3)cc2)cc1. The zero-order valence-electron chi connectivity index (χ0n) is 16.9. The van der Waals surface area contributed by atoms with Crippen LogP contribution in [0.15, 0.2) is 78.9 Å². The zero-order valence-corrected chi connectivity index (χ0v) is 16.9. The molecule has 0 bridgehead atoms. The molecule has 0 aliphatic rings. The third-order valence-electron chi connectivity index (χ3n) is 4.22. The van der Waals surface area contributed by atoms with E-state index in [1.807, 2.05) is 12.1 Å². The van der Waals surface area contributed by atoms with Crippen LogP contribution in [0.3, 0.4) is 0 Å². The largest absolute Gasteiger partial charge is 0.484 e. The zero-order chi connectivity index (χ0) is 22.8. The Morgan fingerprint density at radius 2 is 1.16 bits per heavy atom. The van der Waals surface area contributed by atoms with Gasteiger partial charge >= 0.3 is 0 Å². The molecule has 0 fully saturated rings. The van der Waals surface area contributed by atoms with Crippen molar-refractivity contribution in [3.8, 4) is 17.6 Å². The highest BCUT2D eigenvalue weighted by Gasteiger charge is 2.10. The normalized spacial score (nSPS) is 9.84. The standard InChI is InChI=1S/C24H19N3O5/c25-14-17-6-10-20(11-7-17)31-15-22(28)26-27-23(29)16-32-21-12-8-19(9-13-21)24(30)18-4-2-1-3-5-18/h1-13H,15-16H2,(H,26,28)(H,27,29). The van der Waals surface area contributed by atoms with Gasteiger partial charge in [0.25, 0.3) is 11.8 Å². The Bertz CT molecular complexity index is 1120. The lowest BCUT2D eigenvalue weighted by atomic mass is 10.0. The highest BCUT2D eigenvalue weighted by atomic mass is 16.5. The van der Waals surface area contributed by atoms with Gasteiger partial charge in [0.1, 0.15) is 11.5 Å². The van der Waals surface area contributed by atoms with Crippen molar-refractivity contribution in [1.82, 2.24) is 10.9 Å². The third kappa shape index (κ3) is 6.43. The van der Waals surface area contributed by atoms with E-state index in [-0.39, 0.29) is 19.0 Å². The molecule has 0 aromatic heterocycles. The first-order chi connectivity index (χ1) is 15.5. The van der Waals surface area contributed by atoms with E-state index in [1.54, 1.807) is 72.8 Å². The van der Waals surface area contributed by atoms with Crippen molar-refractivity contribution in [2.45, 2.75) is 0 Å². The average Bonchev–Trinajstić information content (AvgIpc) is 2.85. The van der Waals surface area contributed by atoms with Gasteiger partial charge in [0.05, 0.1) is 11.6 Å². The number of nitrogens with one attached hydrogen (secondary N) is 2. The van der Waals surface area contributed by atoms with Gasteiger partial charge in [0.15, 0.2) is 19.0 Å². The summed E-state index contributed by atoms with van der Waals surface area (Å²) < 4.78 is 10.6. The Labute approximate surface area is 184 Å². The van der Waals surface area contributed by atoms with Gasteiger partial charge in [-0.25, -0.2) is 0 Å². The van der Waals surface area contributed by atoms with E-state index in [0.717, 1.165) is 0 Å². The van der Waals surface area contributed by atoms with E-state index in [1.165, 1.54) is 0 Å². The molecule has 0 radical (unpaired) electrons. The summed E-state index contributed by atoms with van der Waals surface area (Å²) >= 11 is 0. The number of hydrogen-bond acceptors (Lipinski definition) is 6. The van der Waals surface area contributed by atoms with Crippen LogP contribution < -0.4 is 20.3 Å². The first-order valence-electron chi connectivity index (χ1n) is 9.58. The molecule has 0 aliphatic heterocycles. The number of ether oxygens (including phenoxy) is 2. The van der Waals surface area contributed by atoms with Crippen molar-refractivity contribution in [3.05, 3.63) is 95.6 Å². The second-order valence-corrected chi connectivity index (χ2v) is 6.53. The molecule has 3 aromatic rings. The Balaban J connectivity index is 1.38. The number of nitriles is 1.